The molecule has 0 saturated carbocycles. The second kappa shape index (κ2) is 9.76. The van der Waals surface area contributed by atoms with E-state index in [0.29, 0.717) is 0 Å². The Morgan fingerprint density at radius 1 is 1.33 bits per heavy atom. The molecule has 18 heavy (non-hydrogen) atoms. The molecule has 0 amide bonds. The maximum Gasteiger partial charge on any atom is 0.0593 e. The fourth-order valence-electron chi connectivity index (χ4n) is 2.54. The summed E-state index contributed by atoms with van der Waals surface area (Å²) >= 11 is 0. The Hall–Kier alpha value is -0.120. The van der Waals surface area contributed by atoms with Gasteiger partial charge in [-0.3, -0.25) is 0 Å². The highest BCUT2D eigenvalue weighted by Crippen LogP contribution is 2.15. The van der Waals surface area contributed by atoms with E-state index in [2.05, 4.69) is 31.0 Å². The molecule has 1 aliphatic rings. The molecular formula is C15H32N2O. The number of hydrogen-bond donors (Lipinski definition) is 1. The summed E-state index contributed by atoms with van der Waals surface area (Å²) in [5.74, 6) is 1.59. The minimum Gasteiger partial charge on any atom is -0.380 e. The van der Waals surface area contributed by atoms with Crippen molar-refractivity contribution in [1.82, 2.24) is 10.2 Å². The first-order chi connectivity index (χ1) is 8.72. The van der Waals surface area contributed by atoms with Gasteiger partial charge in [0, 0.05) is 19.7 Å². The van der Waals surface area contributed by atoms with Crippen LogP contribution >= 0.6 is 0 Å². The zero-order valence-corrected chi connectivity index (χ0v) is 12.6. The van der Waals surface area contributed by atoms with E-state index in [0.717, 1.165) is 44.6 Å². The molecule has 1 aliphatic heterocycles. The Kier molecular flexibility index (Phi) is 8.64. The molecule has 1 N–H and O–H groups in total. The first-order valence-electron chi connectivity index (χ1n) is 7.73. The second-order valence-corrected chi connectivity index (χ2v) is 5.97. The molecule has 108 valence electrons. The van der Waals surface area contributed by atoms with E-state index in [9.17, 15) is 0 Å². The summed E-state index contributed by atoms with van der Waals surface area (Å²) in [5, 5.41) is 3.59. The third-order valence-electron chi connectivity index (χ3n) is 3.49. The van der Waals surface area contributed by atoms with E-state index in [1.54, 1.807) is 0 Å². The maximum absolute atomic E-state index is 5.58. The quantitative estimate of drug-likeness (QED) is 0.641. The highest BCUT2D eigenvalue weighted by molar-refractivity contribution is 4.74. The molecular weight excluding hydrogens is 224 g/mol. The summed E-state index contributed by atoms with van der Waals surface area (Å²) in [5.41, 5.74) is 0. The van der Waals surface area contributed by atoms with Crippen molar-refractivity contribution in [3.63, 3.8) is 0 Å². The lowest BCUT2D eigenvalue weighted by molar-refractivity contribution is 0.0849. The van der Waals surface area contributed by atoms with Crippen LogP contribution in [-0.4, -0.2) is 50.8 Å². The molecule has 3 heteroatoms. The van der Waals surface area contributed by atoms with Crippen molar-refractivity contribution < 1.29 is 4.74 Å². The molecule has 1 heterocycles. The van der Waals surface area contributed by atoms with E-state index < -0.39 is 0 Å². The van der Waals surface area contributed by atoms with Gasteiger partial charge in [0.15, 0.2) is 0 Å². The standard InChI is InChI=1S/C15H32N2O/c1-4-9-18-10-8-17-7-5-6-15(13-17)12-16-11-14(2)3/h14-16H,4-13H2,1-3H3. The molecule has 1 saturated heterocycles. The van der Waals surface area contributed by atoms with Gasteiger partial charge in [-0.05, 0) is 50.7 Å². The van der Waals surface area contributed by atoms with E-state index in [4.69, 9.17) is 4.74 Å². The predicted molar refractivity (Wildman–Crippen MR) is 78.0 cm³/mol. The van der Waals surface area contributed by atoms with Crippen molar-refractivity contribution >= 4 is 0 Å². The lowest BCUT2D eigenvalue weighted by Gasteiger charge is -2.32. The third-order valence-corrected chi connectivity index (χ3v) is 3.49. The molecule has 0 aliphatic carbocycles. The average molecular weight is 256 g/mol. The van der Waals surface area contributed by atoms with Crippen molar-refractivity contribution in [2.75, 3.05) is 45.9 Å². The Morgan fingerprint density at radius 3 is 2.89 bits per heavy atom. The molecule has 3 nitrogen and oxygen atoms in total. The van der Waals surface area contributed by atoms with Crippen molar-refractivity contribution in [3.05, 3.63) is 0 Å². The van der Waals surface area contributed by atoms with Crippen LogP contribution in [0.3, 0.4) is 0 Å². The van der Waals surface area contributed by atoms with Gasteiger partial charge in [0.1, 0.15) is 0 Å². The van der Waals surface area contributed by atoms with Gasteiger partial charge >= 0.3 is 0 Å². The number of likely N-dealkylation sites (tertiary alicyclic amines) is 1. The normalized spacial score (nSPS) is 21.7. The van der Waals surface area contributed by atoms with Crippen LogP contribution in [0.4, 0.5) is 0 Å². The van der Waals surface area contributed by atoms with E-state index in [1.165, 1.54) is 32.5 Å². The van der Waals surface area contributed by atoms with Crippen LogP contribution in [0.15, 0.2) is 0 Å². The molecule has 1 atom stereocenters. The second-order valence-electron chi connectivity index (χ2n) is 5.97. The lowest BCUT2D eigenvalue weighted by Crippen LogP contribution is -2.41. The Labute approximate surface area is 113 Å². The molecule has 0 spiro atoms. The van der Waals surface area contributed by atoms with Crippen LogP contribution < -0.4 is 5.32 Å². The molecule has 0 aromatic rings. The molecule has 0 radical (unpaired) electrons. The number of nitrogens with zero attached hydrogens (tertiary/aromatic N) is 1. The van der Waals surface area contributed by atoms with Crippen molar-refractivity contribution in [2.45, 2.75) is 40.0 Å². The maximum atomic E-state index is 5.58. The number of piperidine rings is 1. The molecule has 1 unspecified atom stereocenters. The van der Waals surface area contributed by atoms with Crippen molar-refractivity contribution in [1.29, 1.82) is 0 Å². The Bertz CT molecular complexity index is 197. The van der Waals surface area contributed by atoms with Crippen LogP contribution in [0.2, 0.25) is 0 Å². The summed E-state index contributed by atoms with van der Waals surface area (Å²) in [6.45, 7) is 14.5. The smallest absolute Gasteiger partial charge is 0.0593 e. The van der Waals surface area contributed by atoms with Gasteiger partial charge in [-0.2, -0.15) is 0 Å². The summed E-state index contributed by atoms with van der Waals surface area (Å²) in [7, 11) is 0. The van der Waals surface area contributed by atoms with Crippen molar-refractivity contribution in [2.24, 2.45) is 11.8 Å². The zero-order valence-electron chi connectivity index (χ0n) is 12.6. The van der Waals surface area contributed by atoms with E-state index >= 15 is 0 Å². The van der Waals surface area contributed by atoms with Crippen LogP contribution in [0, 0.1) is 11.8 Å². The summed E-state index contributed by atoms with van der Waals surface area (Å²) < 4.78 is 5.58. The number of rotatable bonds is 9. The minimum absolute atomic E-state index is 0.757. The van der Waals surface area contributed by atoms with Gasteiger partial charge in [-0.15, -0.1) is 0 Å². The largest absolute Gasteiger partial charge is 0.380 e. The molecule has 0 aromatic heterocycles. The van der Waals surface area contributed by atoms with Crippen LogP contribution in [-0.2, 0) is 4.74 Å². The highest BCUT2D eigenvalue weighted by Gasteiger charge is 2.19. The summed E-state index contributed by atoms with van der Waals surface area (Å²) in [6, 6.07) is 0. The first kappa shape index (κ1) is 15.9. The topological polar surface area (TPSA) is 24.5 Å². The zero-order chi connectivity index (χ0) is 13.2. The highest BCUT2D eigenvalue weighted by atomic mass is 16.5. The van der Waals surface area contributed by atoms with Crippen molar-refractivity contribution in [3.8, 4) is 0 Å². The summed E-state index contributed by atoms with van der Waals surface area (Å²) in [4.78, 5) is 2.57. The first-order valence-corrected chi connectivity index (χ1v) is 7.73. The summed E-state index contributed by atoms with van der Waals surface area (Å²) in [6.07, 6.45) is 3.86. The molecule has 0 bridgehead atoms. The van der Waals surface area contributed by atoms with Gasteiger partial charge in [0.2, 0.25) is 0 Å². The predicted octanol–water partition coefficient (Wildman–Crippen LogP) is 2.37. The Morgan fingerprint density at radius 2 is 2.17 bits per heavy atom. The Balaban J connectivity index is 2.08. The SMILES string of the molecule is CCCOCCN1CCCC(CNCC(C)C)C1. The number of hydrogen-bond acceptors (Lipinski definition) is 3. The van der Waals surface area contributed by atoms with Crippen LogP contribution in [0.5, 0.6) is 0 Å². The van der Waals surface area contributed by atoms with E-state index in [1.807, 2.05) is 0 Å². The third kappa shape index (κ3) is 7.34. The fourth-order valence-corrected chi connectivity index (χ4v) is 2.54. The lowest BCUT2D eigenvalue weighted by atomic mass is 9.98. The van der Waals surface area contributed by atoms with Gasteiger partial charge in [0.25, 0.3) is 0 Å². The number of ether oxygens (including phenoxy) is 1. The van der Waals surface area contributed by atoms with Gasteiger partial charge in [-0.1, -0.05) is 20.8 Å². The average Bonchev–Trinajstić information content (AvgIpc) is 2.35. The molecule has 1 rings (SSSR count). The molecule has 1 fully saturated rings. The fraction of sp³-hybridized carbons (Fsp3) is 1.00. The van der Waals surface area contributed by atoms with Gasteiger partial charge < -0.3 is 15.0 Å². The monoisotopic (exact) mass is 256 g/mol. The van der Waals surface area contributed by atoms with Crippen LogP contribution in [0.25, 0.3) is 0 Å². The van der Waals surface area contributed by atoms with Gasteiger partial charge in [0.05, 0.1) is 6.61 Å². The number of nitrogens with one attached hydrogen (secondary N) is 1. The molecule has 0 aromatic carbocycles. The minimum atomic E-state index is 0.757. The van der Waals surface area contributed by atoms with Gasteiger partial charge in [-0.25, -0.2) is 0 Å². The van der Waals surface area contributed by atoms with Crippen LogP contribution in [0.1, 0.15) is 40.0 Å². The van der Waals surface area contributed by atoms with E-state index in [-0.39, 0.29) is 0 Å².